The number of nitrogens with zero attached hydrogens (tertiary/aromatic N) is 1. The second kappa shape index (κ2) is 6.67. The van der Waals surface area contributed by atoms with Gasteiger partial charge in [-0.1, -0.05) is 0 Å². The fourth-order valence-electron chi connectivity index (χ4n) is 1.51. The monoisotopic (exact) mass is 269 g/mol. The van der Waals surface area contributed by atoms with Crippen LogP contribution in [-0.4, -0.2) is 23.4 Å². The van der Waals surface area contributed by atoms with E-state index in [1.807, 2.05) is 13.8 Å². The van der Waals surface area contributed by atoms with Crippen molar-refractivity contribution in [2.24, 2.45) is 0 Å². The van der Waals surface area contributed by atoms with Crippen molar-refractivity contribution in [3.63, 3.8) is 0 Å². The average molecular weight is 269 g/mol. The Morgan fingerprint density at radius 2 is 2.16 bits per heavy atom. The molecule has 0 radical (unpaired) electrons. The Balaban J connectivity index is 2.60. The number of nitro benzene ring substituents is 1. The summed E-state index contributed by atoms with van der Waals surface area (Å²) >= 11 is 0. The predicted molar refractivity (Wildman–Crippen MR) is 69.4 cm³/mol. The number of carbonyl (C=O) groups is 1. The van der Waals surface area contributed by atoms with Crippen LogP contribution in [0, 0.1) is 15.9 Å². The van der Waals surface area contributed by atoms with E-state index in [9.17, 15) is 19.3 Å². The van der Waals surface area contributed by atoms with E-state index in [2.05, 4.69) is 10.6 Å². The Bertz CT molecular complexity index is 477. The number of hydrogen-bond donors (Lipinski definition) is 2. The average Bonchev–Trinajstić information content (AvgIpc) is 2.27. The van der Waals surface area contributed by atoms with Gasteiger partial charge in [-0.25, -0.2) is 4.39 Å². The SMILES string of the molecule is CC(C)NC(=O)CCNc1cc(F)ccc1[N+](=O)[O-]. The number of benzene rings is 1. The summed E-state index contributed by atoms with van der Waals surface area (Å²) < 4.78 is 13.0. The summed E-state index contributed by atoms with van der Waals surface area (Å²) in [7, 11) is 0. The van der Waals surface area contributed by atoms with Gasteiger partial charge >= 0.3 is 0 Å². The van der Waals surface area contributed by atoms with Crippen molar-refractivity contribution in [3.05, 3.63) is 34.1 Å². The molecule has 0 aliphatic rings. The third-order valence-corrected chi connectivity index (χ3v) is 2.27. The molecule has 0 saturated heterocycles. The van der Waals surface area contributed by atoms with Gasteiger partial charge in [-0.3, -0.25) is 14.9 Å². The molecule has 0 atom stereocenters. The second-order valence-electron chi connectivity index (χ2n) is 4.32. The molecule has 0 bridgehead atoms. The highest BCUT2D eigenvalue weighted by Crippen LogP contribution is 2.24. The van der Waals surface area contributed by atoms with E-state index >= 15 is 0 Å². The molecule has 0 aromatic heterocycles. The molecule has 19 heavy (non-hydrogen) atoms. The van der Waals surface area contributed by atoms with Crippen LogP contribution in [0.4, 0.5) is 15.8 Å². The normalized spacial score (nSPS) is 10.3. The maximum atomic E-state index is 13.0. The number of hydrogen-bond acceptors (Lipinski definition) is 4. The Hall–Kier alpha value is -2.18. The largest absolute Gasteiger partial charge is 0.379 e. The molecule has 1 rings (SSSR count). The van der Waals surface area contributed by atoms with Gasteiger partial charge in [-0.15, -0.1) is 0 Å². The van der Waals surface area contributed by atoms with Crippen LogP contribution in [0.25, 0.3) is 0 Å². The minimum absolute atomic E-state index is 0.0380. The van der Waals surface area contributed by atoms with E-state index in [0.717, 1.165) is 18.2 Å². The lowest BCUT2D eigenvalue weighted by Gasteiger charge is -2.09. The summed E-state index contributed by atoms with van der Waals surface area (Å²) in [4.78, 5) is 21.5. The lowest BCUT2D eigenvalue weighted by molar-refractivity contribution is -0.384. The molecule has 104 valence electrons. The zero-order valence-electron chi connectivity index (χ0n) is 10.8. The second-order valence-corrected chi connectivity index (χ2v) is 4.32. The van der Waals surface area contributed by atoms with Crippen LogP contribution in [0.2, 0.25) is 0 Å². The maximum absolute atomic E-state index is 13.0. The Labute approximate surface area is 110 Å². The number of anilines is 1. The minimum atomic E-state index is -0.601. The van der Waals surface area contributed by atoms with E-state index in [0.29, 0.717) is 0 Å². The minimum Gasteiger partial charge on any atom is -0.379 e. The van der Waals surface area contributed by atoms with Crippen LogP contribution in [-0.2, 0) is 4.79 Å². The Kier molecular flexibility index (Phi) is 5.23. The highest BCUT2D eigenvalue weighted by atomic mass is 19.1. The van der Waals surface area contributed by atoms with Crippen LogP contribution >= 0.6 is 0 Å². The van der Waals surface area contributed by atoms with Crippen molar-refractivity contribution in [3.8, 4) is 0 Å². The van der Waals surface area contributed by atoms with Gasteiger partial charge in [0.2, 0.25) is 5.91 Å². The van der Waals surface area contributed by atoms with Crippen LogP contribution in [0.3, 0.4) is 0 Å². The molecule has 0 unspecified atom stereocenters. The molecule has 7 heteroatoms. The maximum Gasteiger partial charge on any atom is 0.292 e. The quantitative estimate of drug-likeness (QED) is 0.611. The molecule has 2 N–H and O–H groups in total. The third-order valence-electron chi connectivity index (χ3n) is 2.27. The van der Waals surface area contributed by atoms with Gasteiger partial charge in [0.15, 0.2) is 0 Å². The van der Waals surface area contributed by atoms with Gasteiger partial charge in [-0.2, -0.15) is 0 Å². The molecule has 0 heterocycles. The van der Waals surface area contributed by atoms with E-state index in [1.165, 1.54) is 0 Å². The smallest absolute Gasteiger partial charge is 0.292 e. The van der Waals surface area contributed by atoms with Crippen LogP contribution in [0.1, 0.15) is 20.3 Å². The Morgan fingerprint density at radius 1 is 1.47 bits per heavy atom. The zero-order chi connectivity index (χ0) is 14.4. The van der Waals surface area contributed by atoms with Crippen molar-refractivity contribution in [1.29, 1.82) is 0 Å². The number of rotatable bonds is 6. The standard InChI is InChI=1S/C12H16FN3O3/c1-8(2)15-12(17)5-6-14-10-7-9(13)3-4-11(10)16(18)19/h3-4,7-8,14H,5-6H2,1-2H3,(H,15,17). The first-order chi connectivity index (χ1) is 8.90. The highest BCUT2D eigenvalue weighted by molar-refractivity contribution is 5.77. The van der Waals surface area contributed by atoms with E-state index in [4.69, 9.17) is 0 Å². The number of nitro groups is 1. The van der Waals surface area contributed by atoms with Crippen LogP contribution < -0.4 is 10.6 Å². The molecule has 1 aromatic rings. The van der Waals surface area contributed by atoms with Crippen LogP contribution in [0.5, 0.6) is 0 Å². The van der Waals surface area contributed by atoms with Gasteiger partial charge < -0.3 is 10.6 Å². The lowest BCUT2D eigenvalue weighted by atomic mass is 10.2. The summed E-state index contributed by atoms with van der Waals surface area (Å²) in [6.07, 6.45) is 0.159. The van der Waals surface area contributed by atoms with Gasteiger partial charge in [0, 0.05) is 31.1 Å². The molecular formula is C12H16FN3O3. The lowest BCUT2D eigenvalue weighted by Crippen LogP contribution is -2.31. The van der Waals surface area contributed by atoms with E-state index < -0.39 is 10.7 Å². The third kappa shape index (κ3) is 4.90. The fourth-order valence-corrected chi connectivity index (χ4v) is 1.51. The summed E-state index contributed by atoms with van der Waals surface area (Å²) in [6, 6.07) is 3.19. The van der Waals surface area contributed by atoms with Gasteiger partial charge in [0.05, 0.1) is 4.92 Å². The molecule has 6 nitrogen and oxygen atoms in total. The Morgan fingerprint density at radius 3 is 2.74 bits per heavy atom. The molecule has 0 fully saturated rings. The molecular weight excluding hydrogens is 253 g/mol. The van der Waals surface area contributed by atoms with Crippen LogP contribution in [0.15, 0.2) is 18.2 Å². The molecule has 0 spiro atoms. The first-order valence-corrected chi connectivity index (χ1v) is 5.87. The highest BCUT2D eigenvalue weighted by Gasteiger charge is 2.14. The van der Waals surface area contributed by atoms with Gasteiger partial charge in [0.25, 0.3) is 5.69 Å². The van der Waals surface area contributed by atoms with E-state index in [-0.39, 0.29) is 36.3 Å². The molecule has 0 saturated carbocycles. The van der Waals surface area contributed by atoms with E-state index in [1.54, 1.807) is 0 Å². The van der Waals surface area contributed by atoms with Crippen molar-refractivity contribution in [2.75, 3.05) is 11.9 Å². The first kappa shape index (κ1) is 14.9. The molecule has 0 aliphatic heterocycles. The number of amides is 1. The first-order valence-electron chi connectivity index (χ1n) is 5.87. The molecule has 1 amide bonds. The summed E-state index contributed by atoms with van der Waals surface area (Å²) in [5.74, 6) is -0.735. The van der Waals surface area contributed by atoms with Gasteiger partial charge in [-0.05, 0) is 19.9 Å². The topological polar surface area (TPSA) is 84.3 Å². The van der Waals surface area contributed by atoms with Crippen molar-refractivity contribution < 1.29 is 14.1 Å². The molecule has 1 aromatic carbocycles. The number of carbonyl (C=O) groups excluding carboxylic acids is 1. The fraction of sp³-hybridized carbons (Fsp3) is 0.417. The summed E-state index contributed by atoms with van der Waals surface area (Å²) in [5.41, 5.74) is -0.145. The summed E-state index contributed by atoms with van der Waals surface area (Å²) in [5, 5.41) is 16.1. The number of nitrogens with one attached hydrogen (secondary N) is 2. The summed E-state index contributed by atoms with van der Waals surface area (Å²) in [6.45, 7) is 3.87. The van der Waals surface area contributed by atoms with Crippen molar-refractivity contribution >= 4 is 17.3 Å². The predicted octanol–water partition coefficient (Wildman–Crippen LogP) is 2.06. The van der Waals surface area contributed by atoms with Gasteiger partial charge in [0.1, 0.15) is 11.5 Å². The zero-order valence-corrected chi connectivity index (χ0v) is 10.8. The number of halogens is 1. The van der Waals surface area contributed by atoms with Crippen molar-refractivity contribution in [1.82, 2.24) is 5.32 Å². The van der Waals surface area contributed by atoms with Crippen molar-refractivity contribution in [2.45, 2.75) is 26.3 Å². The molecule has 0 aliphatic carbocycles.